The summed E-state index contributed by atoms with van der Waals surface area (Å²) in [7, 11) is 0. The van der Waals surface area contributed by atoms with Crippen molar-refractivity contribution >= 4 is 5.91 Å². The summed E-state index contributed by atoms with van der Waals surface area (Å²) in [4.78, 5) is 11.5. The van der Waals surface area contributed by atoms with Crippen LogP contribution >= 0.6 is 0 Å². The van der Waals surface area contributed by atoms with Gasteiger partial charge in [-0.3, -0.25) is 4.79 Å². The molecule has 2 N–H and O–H groups in total. The summed E-state index contributed by atoms with van der Waals surface area (Å²) >= 11 is 0. The number of amides is 1. The SMILES string of the molecule is CC(C)CNC(=O)CN[C@H](C)c1cccc(F)c1. The lowest BCUT2D eigenvalue weighted by Gasteiger charge is -2.14. The Morgan fingerprint density at radius 3 is 2.67 bits per heavy atom. The maximum Gasteiger partial charge on any atom is 0.233 e. The summed E-state index contributed by atoms with van der Waals surface area (Å²) in [6.07, 6.45) is 0. The van der Waals surface area contributed by atoms with E-state index in [1.807, 2.05) is 26.8 Å². The van der Waals surface area contributed by atoms with Gasteiger partial charge in [0.15, 0.2) is 0 Å². The van der Waals surface area contributed by atoms with Crippen molar-refractivity contribution in [2.45, 2.75) is 26.8 Å². The number of benzene rings is 1. The topological polar surface area (TPSA) is 41.1 Å². The molecular weight excluding hydrogens is 231 g/mol. The van der Waals surface area contributed by atoms with E-state index in [4.69, 9.17) is 0 Å². The molecule has 100 valence electrons. The fourth-order valence-corrected chi connectivity index (χ4v) is 1.52. The molecule has 0 saturated heterocycles. The van der Waals surface area contributed by atoms with Crippen LogP contribution in [0, 0.1) is 11.7 Å². The molecule has 0 bridgehead atoms. The van der Waals surface area contributed by atoms with E-state index in [-0.39, 0.29) is 24.3 Å². The number of halogens is 1. The van der Waals surface area contributed by atoms with Gasteiger partial charge in [0.25, 0.3) is 0 Å². The summed E-state index contributed by atoms with van der Waals surface area (Å²) in [6.45, 7) is 6.91. The molecule has 1 amide bonds. The van der Waals surface area contributed by atoms with E-state index in [1.165, 1.54) is 12.1 Å². The van der Waals surface area contributed by atoms with Gasteiger partial charge in [0.05, 0.1) is 6.54 Å². The first-order chi connectivity index (χ1) is 8.49. The fourth-order valence-electron chi connectivity index (χ4n) is 1.52. The Hall–Kier alpha value is -1.42. The number of hydrogen-bond donors (Lipinski definition) is 2. The van der Waals surface area contributed by atoms with Crippen LogP contribution in [-0.4, -0.2) is 19.0 Å². The normalized spacial score (nSPS) is 12.5. The summed E-state index contributed by atoms with van der Waals surface area (Å²) in [5.41, 5.74) is 0.839. The lowest BCUT2D eigenvalue weighted by Crippen LogP contribution is -2.36. The molecule has 0 heterocycles. The molecule has 0 aliphatic heterocycles. The first-order valence-corrected chi connectivity index (χ1v) is 6.24. The molecule has 0 spiro atoms. The number of nitrogens with one attached hydrogen (secondary N) is 2. The fraction of sp³-hybridized carbons (Fsp3) is 0.500. The third-order valence-corrected chi connectivity index (χ3v) is 2.62. The predicted molar refractivity (Wildman–Crippen MR) is 70.7 cm³/mol. The molecule has 0 aromatic heterocycles. The standard InChI is InChI=1S/C14H21FN2O/c1-10(2)8-17-14(18)9-16-11(3)12-5-4-6-13(15)7-12/h4-7,10-11,16H,8-9H2,1-3H3,(H,17,18)/t11-/m1/s1. The van der Waals surface area contributed by atoms with Gasteiger partial charge < -0.3 is 10.6 Å². The highest BCUT2D eigenvalue weighted by Gasteiger charge is 2.08. The first kappa shape index (κ1) is 14.6. The molecular formula is C14H21FN2O. The van der Waals surface area contributed by atoms with Gasteiger partial charge in [-0.15, -0.1) is 0 Å². The zero-order valence-corrected chi connectivity index (χ0v) is 11.2. The molecule has 0 saturated carbocycles. The molecule has 1 aromatic rings. The van der Waals surface area contributed by atoms with Crippen molar-refractivity contribution in [1.29, 1.82) is 0 Å². The summed E-state index contributed by atoms with van der Waals surface area (Å²) < 4.78 is 13.0. The third kappa shape index (κ3) is 5.27. The van der Waals surface area contributed by atoms with Crippen LogP contribution in [0.3, 0.4) is 0 Å². The van der Waals surface area contributed by atoms with Crippen LogP contribution in [0.15, 0.2) is 24.3 Å². The van der Waals surface area contributed by atoms with Crippen LogP contribution in [0.4, 0.5) is 4.39 Å². The van der Waals surface area contributed by atoms with E-state index in [1.54, 1.807) is 6.07 Å². The first-order valence-electron chi connectivity index (χ1n) is 6.24. The lowest BCUT2D eigenvalue weighted by molar-refractivity contribution is -0.120. The average Bonchev–Trinajstić information content (AvgIpc) is 2.33. The van der Waals surface area contributed by atoms with Gasteiger partial charge in [0.1, 0.15) is 5.82 Å². The lowest BCUT2D eigenvalue weighted by atomic mass is 10.1. The zero-order valence-electron chi connectivity index (χ0n) is 11.2. The van der Waals surface area contributed by atoms with Crippen molar-refractivity contribution in [2.75, 3.05) is 13.1 Å². The van der Waals surface area contributed by atoms with Gasteiger partial charge >= 0.3 is 0 Å². The van der Waals surface area contributed by atoms with Gasteiger partial charge in [0.2, 0.25) is 5.91 Å². The van der Waals surface area contributed by atoms with E-state index in [2.05, 4.69) is 10.6 Å². The Morgan fingerprint density at radius 1 is 1.33 bits per heavy atom. The molecule has 0 aliphatic carbocycles. The van der Waals surface area contributed by atoms with Gasteiger partial charge in [-0.25, -0.2) is 4.39 Å². The Kier molecular flexibility index (Phi) is 5.78. The second-order valence-corrected chi connectivity index (χ2v) is 4.86. The molecule has 0 unspecified atom stereocenters. The number of carbonyl (C=O) groups excluding carboxylic acids is 1. The van der Waals surface area contributed by atoms with E-state index < -0.39 is 0 Å². The largest absolute Gasteiger partial charge is 0.355 e. The second-order valence-electron chi connectivity index (χ2n) is 4.86. The van der Waals surface area contributed by atoms with Crippen molar-refractivity contribution in [3.63, 3.8) is 0 Å². The summed E-state index contributed by atoms with van der Waals surface area (Å²) in [5.74, 6) is 0.145. The van der Waals surface area contributed by atoms with Crippen LogP contribution in [0.25, 0.3) is 0 Å². The molecule has 0 fully saturated rings. The van der Waals surface area contributed by atoms with Gasteiger partial charge in [0, 0.05) is 12.6 Å². The number of hydrogen-bond acceptors (Lipinski definition) is 2. The van der Waals surface area contributed by atoms with Crippen molar-refractivity contribution in [1.82, 2.24) is 10.6 Å². The summed E-state index contributed by atoms with van der Waals surface area (Å²) in [5, 5.41) is 5.90. The smallest absolute Gasteiger partial charge is 0.233 e. The van der Waals surface area contributed by atoms with Crippen LogP contribution in [-0.2, 0) is 4.79 Å². The van der Waals surface area contributed by atoms with Crippen molar-refractivity contribution in [3.05, 3.63) is 35.6 Å². The second kappa shape index (κ2) is 7.11. The highest BCUT2D eigenvalue weighted by molar-refractivity contribution is 5.78. The Bertz CT molecular complexity index is 393. The van der Waals surface area contributed by atoms with Crippen molar-refractivity contribution in [3.8, 4) is 0 Å². The molecule has 1 atom stereocenters. The van der Waals surface area contributed by atoms with Crippen LogP contribution in [0.5, 0.6) is 0 Å². The van der Waals surface area contributed by atoms with E-state index in [9.17, 15) is 9.18 Å². The molecule has 3 nitrogen and oxygen atoms in total. The molecule has 1 rings (SSSR count). The van der Waals surface area contributed by atoms with E-state index in [0.29, 0.717) is 12.5 Å². The summed E-state index contributed by atoms with van der Waals surface area (Å²) in [6, 6.07) is 6.34. The Balaban J connectivity index is 2.37. The van der Waals surface area contributed by atoms with Crippen LogP contribution < -0.4 is 10.6 Å². The maximum absolute atomic E-state index is 13.0. The molecule has 18 heavy (non-hydrogen) atoms. The third-order valence-electron chi connectivity index (χ3n) is 2.62. The van der Waals surface area contributed by atoms with Crippen LogP contribution in [0.1, 0.15) is 32.4 Å². The van der Waals surface area contributed by atoms with Crippen molar-refractivity contribution < 1.29 is 9.18 Å². The van der Waals surface area contributed by atoms with Gasteiger partial charge in [-0.05, 0) is 30.5 Å². The maximum atomic E-state index is 13.0. The highest BCUT2D eigenvalue weighted by atomic mass is 19.1. The molecule has 1 aromatic carbocycles. The van der Waals surface area contributed by atoms with E-state index in [0.717, 1.165) is 5.56 Å². The molecule has 0 radical (unpaired) electrons. The Labute approximate surface area is 108 Å². The van der Waals surface area contributed by atoms with Crippen LogP contribution in [0.2, 0.25) is 0 Å². The van der Waals surface area contributed by atoms with Gasteiger partial charge in [-0.1, -0.05) is 26.0 Å². The number of carbonyl (C=O) groups is 1. The predicted octanol–water partition coefficient (Wildman–Crippen LogP) is 2.25. The van der Waals surface area contributed by atoms with Crippen molar-refractivity contribution in [2.24, 2.45) is 5.92 Å². The highest BCUT2D eigenvalue weighted by Crippen LogP contribution is 2.12. The monoisotopic (exact) mass is 252 g/mol. The zero-order chi connectivity index (χ0) is 13.5. The minimum absolute atomic E-state index is 0.0352. The molecule has 0 aliphatic rings. The van der Waals surface area contributed by atoms with E-state index >= 15 is 0 Å². The Morgan fingerprint density at radius 2 is 2.06 bits per heavy atom. The van der Waals surface area contributed by atoms with Gasteiger partial charge in [-0.2, -0.15) is 0 Å². The molecule has 4 heteroatoms. The number of rotatable bonds is 6. The minimum Gasteiger partial charge on any atom is -0.355 e. The quantitative estimate of drug-likeness (QED) is 0.815. The minimum atomic E-state index is -0.259. The average molecular weight is 252 g/mol.